The molecule has 2 N–H and O–H groups in total. The molecule has 0 aliphatic carbocycles. The summed E-state index contributed by atoms with van der Waals surface area (Å²) in [7, 11) is 0. The minimum absolute atomic E-state index is 0.125. The Labute approximate surface area is 90.2 Å². The van der Waals surface area contributed by atoms with E-state index in [2.05, 4.69) is 20.2 Å². The van der Waals surface area contributed by atoms with Crippen LogP contribution in [0.2, 0.25) is 0 Å². The predicted molar refractivity (Wildman–Crippen MR) is 59.9 cm³/mol. The lowest BCUT2D eigenvalue weighted by Gasteiger charge is -2.02. The summed E-state index contributed by atoms with van der Waals surface area (Å²) in [5, 5.41) is 7.55. The van der Waals surface area contributed by atoms with Crippen molar-refractivity contribution in [1.29, 1.82) is 0 Å². The molecule has 0 aliphatic heterocycles. The molecular formula is C11H8N4O. The minimum atomic E-state index is -0.125. The van der Waals surface area contributed by atoms with Crippen LogP contribution in [0.3, 0.4) is 0 Å². The Balaban J connectivity index is 2.41. The molecule has 0 saturated carbocycles. The number of rotatable bonds is 1. The highest BCUT2D eigenvalue weighted by atomic mass is 16.1. The maximum atomic E-state index is 11.3. The summed E-state index contributed by atoms with van der Waals surface area (Å²) in [6.07, 6.45) is 1.44. The topological polar surface area (TPSA) is 74.4 Å². The predicted octanol–water partition coefficient (Wildman–Crippen LogP) is 1.31. The van der Waals surface area contributed by atoms with E-state index < -0.39 is 0 Å². The van der Waals surface area contributed by atoms with Crippen LogP contribution in [0.4, 0.5) is 0 Å². The maximum absolute atomic E-state index is 11.3. The van der Waals surface area contributed by atoms with E-state index in [9.17, 15) is 4.79 Å². The average molecular weight is 212 g/mol. The van der Waals surface area contributed by atoms with Gasteiger partial charge >= 0.3 is 0 Å². The normalized spacial score (nSPS) is 10.8. The number of benzene rings is 1. The van der Waals surface area contributed by atoms with E-state index in [0.717, 1.165) is 16.5 Å². The van der Waals surface area contributed by atoms with Crippen LogP contribution in [-0.4, -0.2) is 20.2 Å². The summed E-state index contributed by atoms with van der Waals surface area (Å²) in [5.41, 5.74) is 1.49. The number of H-pyrrole nitrogens is 2. The van der Waals surface area contributed by atoms with Crippen molar-refractivity contribution in [2.45, 2.75) is 0 Å². The summed E-state index contributed by atoms with van der Waals surface area (Å²) in [5.74, 6) is 0.646. The minimum Gasteiger partial charge on any atom is -0.321 e. The highest BCUT2D eigenvalue weighted by Crippen LogP contribution is 2.22. The zero-order chi connectivity index (χ0) is 11.0. The molecular weight excluding hydrogens is 204 g/mol. The van der Waals surface area contributed by atoms with Crippen LogP contribution in [0.5, 0.6) is 0 Å². The summed E-state index contributed by atoms with van der Waals surface area (Å²) < 4.78 is 0. The fourth-order valence-corrected chi connectivity index (χ4v) is 1.71. The van der Waals surface area contributed by atoms with Crippen LogP contribution < -0.4 is 5.56 Å². The number of aromatic nitrogens is 4. The second-order valence-corrected chi connectivity index (χ2v) is 3.43. The Morgan fingerprint density at radius 2 is 2.06 bits per heavy atom. The number of hydrogen-bond donors (Lipinski definition) is 2. The standard InChI is InChI=1S/C11H8N4O/c16-9-5-4-7-2-1-3-8(10(7)14-9)11-12-6-13-15-11/h1-6H,(H,14,16)(H,12,13,15). The maximum Gasteiger partial charge on any atom is 0.248 e. The highest BCUT2D eigenvalue weighted by Gasteiger charge is 2.06. The molecule has 0 radical (unpaired) electrons. The third kappa shape index (κ3) is 1.30. The van der Waals surface area contributed by atoms with Gasteiger partial charge in [0, 0.05) is 11.6 Å². The van der Waals surface area contributed by atoms with Crippen LogP contribution in [0.25, 0.3) is 22.3 Å². The summed E-state index contributed by atoms with van der Waals surface area (Å²) in [6, 6.07) is 9.03. The second kappa shape index (κ2) is 3.30. The molecule has 78 valence electrons. The molecule has 0 saturated heterocycles. The van der Waals surface area contributed by atoms with Crippen LogP contribution in [-0.2, 0) is 0 Å². The monoisotopic (exact) mass is 212 g/mol. The highest BCUT2D eigenvalue weighted by molar-refractivity contribution is 5.91. The molecule has 0 amide bonds. The van der Waals surface area contributed by atoms with Gasteiger partial charge in [0.1, 0.15) is 6.33 Å². The molecule has 5 nitrogen and oxygen atoms in total. The van der Waals surface area contributed by atoms with Gasteiger partial charge in [0.2, 0.25) is 5.56 Å². The van der Waals surface area contributed by atoms with Gasteiger partial charge in [-0.25, -0.2) is 4.98 Å². The molecule has 0 aliphatic rings. The summed E-state index contributed by atoms with van der Waals surface area (Å²) >= 11 is 0. The molecule has 2 aromatic heterocycles. The number of pyridine rings is 1. The third-order valence-corrected chi connectivity index (χ3v) is 2.43. The van der Waals surface area contributed by atoms with Gasteiger partial charge in [-0.2, -0.15) is 5.10 Å². The van der Waals surface area contributed by atoms with E-state index in [0.29, 0.717) is 5.82 Å². The van der Waals surface area contributed by atoms with Gasteiger partial charge in [-0.1, -0.05) is 12.1 Å². The SMILES string of the molecule is O=c1ccc2cccc(-c3ncn[nH]3)c2[nH]1. The van der Waals surface area contributed by atoms with Crippen molar-refractivity contribution in [3.8, 4) is 11.4 Å². The first-order chi connectivity index (χ1) is 7.84. The van der Waals surface area contributed by atoms with Gasteiger partial charge in [-0.3, -0.25) is 9.89 Å². The molecule has 3 aromatic rings. The van der Waals surface area contributed by atoms with Gasteiger partial charge in [0.05, 0.1) is 5.52 Å². The number of hydrogen-bond acceptors (Lipinski definition) is 3. The fourth-order valence-electron chi connectivity index (χ4n) is 1.71. The van der Waals surface area contributed by atoms with E-state index in [-0.39, 0.29) is 5.56 Å². The van der Waals surface area contributed by atoms with Crippen LogP contribution in [0.1, 0.15) is 0 Å². The molecule has 0 bridgehead atoms. The first-order valence-electron chi connectivity index (χ1n) is 4.82. The van der Waals surface area contributed by atoms with Gasteiger partial charge in [0.15, 0.2) is 5.82 Å². The number of nitrogens with zero attached hydrogens (tertiary/aromatic N) is 2. The smallest absolute Gasteiger partial charge is 0.248 e. The summed E-state index contributed by atoms with van der Waals surface area (Å²) in [4.78, 5) is 18.2. The number of aromatic amines is 2. The Morgan fingerprint density at radius 1 is 1.12 bits per heavy atom. The largest absolute Gasteiger partial charge is 0.321 e. The zero-order valence-electron chi connectivity index (χ0n) is 8.27. The molecule has 1 aromatic carbocycles. The van der Waals surface area contributed by atoms with Gasteiger partial charge in [-0.15, -0.1) is 0 Å². The van der Waals surface area contributed by atoms with Crippen molar-refractivity contribution < 1.29 is 0 Å². The quantitative estimate of drug-likeness (QED) is 0.638. The van der Waals surface area contributed by atoms with Crippen molar-refractivity contribution in [2.24, 2.45) is 0 Å². The lowest BCUT2D eigenvalue weighted by atomic mass is 10.1. The van der Waals surface area contributed by atoms with E-state index in [1.54, 1.807) is 6.07 Å². The Bertz CT molecular complexity index is 685. The lowest BCUT2D eigenvalue weighted by Crippen LogP contribution is -2.03. The third-order valence-electron chi connectivity index (χ3n) is 2.43. The van der Waals surface area contributed by atoms with Gasteiger partial charge in [-0.05, 0) is 17.5 Å². The molecule has 0 unspecified atom stereocenters. The lowest BCUT2D eigenvalue weighted by molar-refractivity contribution is 1.10. The molecule has 2 heterocycles. The van der Waals surface area contributed by atoms with Gasteiger partial charge in [0.25, 0.3) is 0 Å². The zero-order valence-corrected chi connectivity index (χ0v) is 8.27. The van der Waals surface area contributed by atoms with Crippen molar-refractivity contribution in [2.75, 3.05) is 0 Å². The van der Waals surface area contributed by atoms with Gasteiger partial charge < -0.3 is 4.98 Å². The molecule has 16 heavy (non-hydrogen) atoms. The molecule has 0 fully saturated rings. The Morgan fingerprint density at radius 3 is 2.88 bits per heavy atom. The number of nitrogens with one attached hydrogen (secondary N) is 2. The Hall–Kier alpha value is -2.43. The summed E-state index contributed by atoms with van der Waals surface area (Å²) in [6.45, 7) is 0. The van der Waals surface area contributed by atoms with Crippen molar-refractivity contribution in [1.82, 2.24) is 20.2 Å². The van der Waals surface area contributed by atoms with Crippen LogP contribution in [0, 0.1) is 0 Å². The van der Waals surface area contributed by atoms with E-state index >= 15 is 0 Å². The Kier molecular flexibility index (Phi) is 1.83. The molecule has 0 spiro atoms. The molecule has 0 atom stereocenters. The van der Waals surface area contributed by atoms with E-state index in [1.165, 1.54) is 12.4 Å². The number of fused-ring (bicyclic) bond motifs is 1. The van der Waals surface area contributed by atoms with Crippen molar-refractivity contribution in [3.63, 3.8) is 0 Å². The van der Waals surface area contributed by atoms with Crippen LogP contribution >= 0.6 is 0 Å². The number of para-hydroxylation sites is 1. The first-order valence-corrected chi connectivity index (χ1v) is 4.82. The molecule has 3 rings (SSSR count). The van der Waals surface area contributed by atoms with E-state index in [4.69, 9.17) is 0 Å². The van der Waals surface area contributed by atoms with Crippen LogP contribution in [0.15, 0.2) is 41.5 Å². The fraction of sp³-hybridized carbons (Fsp3) is 0. The van der Waals surface area contributed by atoms with E-state index in [1.807, 2.05) is 18.2 Å². The van der Waals surface area contributed by atoms with Crippen molar-refractivity contribution >= 4 is 10.9 Å². The average Bonchev–Trinajstić information content (AvgIpc) is 2.81. The van der Waals surface area contributed by atoms with Crippen molar-refractivity contribution in [3.05, 3.63) is 47.0 Å². The first kappa shape index (κ1) is 8.84. The second-order valence-electron chi connectivity index (χ2n) is 3.43. The molecule has 5 heteroatoms.